The van der Waals surface area contributed by atoms with E-state index in [-0.39, 0.29) is 16.6 Å². The molecule has 0 atom stereocenters. The van der Waals surface area contributed by atoms with Crippen LogP contribution >= 0.6 is 0 Å². The van der Waals surface area contributed by atoms with Gasteiger partial charge in [-0.1, -0.05) is 12.1 Å². The predicted molar refractivity (Wildman–Crippen MR) is 109 cm³/mol. The van der Waals surface area contributed by atoms with E-state index >= 15 is 0 Å². The first-order valence-corrected chi connectivity index (χ1v) is 10.9. The zero-order valence-corrected chi connectivity index (χ0v) is 17.1. The van der Waals surface area contributed by atoms with E-state index in [2.05, 4.69) is 9.80 Å². The Morgan fingerprint density at radius 2 is 1.62 bits per heavy atom. The van der Waals surface area contributed by atoms with Crippen LogP contribution in [0.5, 0.6) is 0 Å². The molecule has 0 aliphatic carbocycles. The molecule has 0 saturated carbocycles. The number of primary sulfonamides is 1. The molecular weight excluding hydrogens is 395 g/mol. The van der Waals surface area contributed by atoms with Gasteiger partial charge in [0.15, 0.2) is 0 Å². The van der Waals surface area contributed by atoms with Crippen molar-refractivity contribution in [1.29, 1.82) is 0 Å². The van der Waals surface area contributed by atoms with Crippen molar-refractivity contribution in [3.05, 3.63) is 59.9 Å². The maximum Gasteiger partial charge on any atom is 0.238 e. The summed E-state index contributed by atoms with van der Waals surface area (Å²) in [5, 5.41) is 5.13. The van der Waals surface area contributed by atoms with Gasteiger partial charge in [0, 0.05) is 45.5 Å². The van der Waals surface area contributed by atoms with Crippen LogP contribution in [0.2, 0.25) is 0 Å². The van der Waals surface area contributed by atoms with Gasteiger partial charge >= 0.3 is 0 Å². The molecule has 0 aromatic heterocycles. The number of carbonyl (C=O) groups excluding carboxylic acids is 1. The van der Waals surface area contributed by atoms with Crippen LogP contribution in [0.3, 0.4) is 0 Å². The van der Waals surface area contributed by atoms with Gasteiger partial charge in [0.1, 0.15) is 5.82 Å². The average Bonchev–Trinajstić information content (AvgIpc) is 2.69. The molecule has 2 N–H and O–H groups in total. The first-order chi connectivity index (χ1) is 13.7. The number of hydrogen-bond acceptors (Lipinski definition) is 5. The minimum atomic E-state index is -3.69. The molecule has 1 heterocycles. The Morgan fingerprint density at radius 1 is 1.03 bits per heavy atom. The zero-order chi connectivity index (χ0) is 21.0. The lowest BCUT2D eigenvalue weighted by Crippen LogP contribution is -2.49. The molecule has 29 heavy (non-hydrogen) atoms. The second-order valence-electron chi connectivity index (χ2n) is 7.18. The van der Waals surface area contributed by atoms with Crippen molar-refractivity contribution in [2.75, 3.05) is 44.7 Å². The lowest BCUT2D eigenvalue weighted by molar-refractivity contribution is -0.131. The summed E-state index contributed by atoms with van der Waals surface area (Å²) in [6.45, 7) is 3.71. The third kappa shape index (κ3) is 5.75. The van der Waals surface area contributed by atoms with Crippen molar-refractivity contribution in [3.63, 3.8) is 0 Å². The number of nitrogens with two attached hydrogens (primary N) is 1. The number of benzene rings is 2. The molecule has 1 amide bonds. The Bertz CT molecular complexity index is 941. The number of carbonyl (C=O) groups is 1. The van der Waals surface area contributed by atoms with Gasteiger partial charge in [-0.15, -0.1) is 0 Å². The second kappa shape index (κ2) is 8.89. The van der Waals surface area contributed by atoms with Gasteiger partial charge in [0.25, 0.3) is 0 Å². The summed E-state index contributed by atoms with van der Waals surface area (Å²) in [4.78, 5) is 18.5. The van der Waals surface area contributed by atoms with Gasteiger partial charge in [-0.3, -0.25) is 9.69 Å². The highest BCUT2D eigenvalue weighted by molar-refractivity contribution is 7.89. The highest BCUT2D eigenvalue weighted by Gasteiger charge is 2.21. The number of nitrogens with zero attached hydrogens (tertiary/aromatic N) is 3. The molecule has 7 nitrogen and oxygen atoms in total. The predicted octanol–water partition coefficient (Wildman–Crippen LogP) is 1.25. The fourth-order valence-electron chi connectivity index (χ4n) is 3.27. The minimum Gasteiger partial charge on any atom is -0.369 e. The Morgan fingerprint density at radius 3 is 2.17 bits per heavy atom. The largest absolute Gasteiger partial charge is 0.369 e. The number of piperazine rings is 1. The van der Waals surface area contributed by atoms with Gasteiger partial charge in [0.05, 0.1) is 11.4 Å². The molecule has 1 aliphatic heterocycles. The summed E-state index contributed by atoms with van der Waals surface area (Å²) in [6.07, 6.45) is 0. The SMILES string of the molecule is CN(Cc1ccc(F)cc1)C(=O)CN1CCN(c2ccc(S(N)(=O)=O)cc2)CC1. The van der Waals surface area contributed by atoms with E-state index in [9.17, 15) is 17.6 Å². The maximum absolute atomic E-state index is 13.0. The average molecular weight is 421 g/mol. The molecule has 0 bridgehead atoms. The number of amides is 1. The van der Waals surface area contributed by atoms with E-state index in [4.69, 9.17) is 5.14 Å². The molecule has 2 aromatic rings. The van der Waals surface area contributed by atoms with Crippen molar-refractivity contribution in [2.45, 2.75) is 11.4 Å². The quantitative estimate of drug-likeness (QED) is 0.760. The van der Waals surface area contributed by atoms with Crippen LogP contribution in [0.4, 0.5) is 10.1 Å². The summed E-state index contributed by atoms with van der Waals surface area (Å²) in [5.41, 5.74) is 1.81. The van der Waals surface area contributed by atoms with Crippen molar-refractivity contribution in [2.24, 2.45) is 5.14 Å². The first-order valence-electron chi connectivity index (χ1n) is 9.31. The number of sulfonamides is 1. The Labute approximate surface area is 170 Å². The molecule has 3 rings (SSSR count). The van der Waals surface area contributed by atoms with Crippen molar-refractivity contribution < 1.29 is 17.6 Å². The Hall–Kier alpha value is -2.49. The van der Waals surface area contributed by atoms with Crippen LogP contribution < -0.4 is 10.0 Å². The fraction of sp³-hybridized carbons (Fsp3) is 0.350. The Kier molecular flexibility index (Phi) is 6.51. The monoisotopic (exact) mass is 420 g/mol. The number of likely N-dealkylation sites (N-methyl/N-ethyl adjacent to an activating group) is 1. The molecule has 2 aromatic carbocycles. The fourth-order valence-corrected chi connectivity index (χ4v) is 3.79. The lowest BCUT2D eigenvalue weighted by Gasteiger charge is -2.36. The van der Waals surface area contributed by atoms with Crippen LogP contribution in [-0.4, -0.2) is 63.9 Å². The van der Waals surface area contributed by atoms with E-state index in [0.717, 1.165) is 37.4 Å². The topological polar surface area (TPSA) is 86.9 Å². The molecule has 9 heteroatoms. The second-order valence-corrected chi connectivity index (χ2v) is 8.74. The number of hydrogen-bond donors (Lipinski definition) is 1. The van der Waals surface area contributed by atoms with E-state index in [0.29, 0.717) is 13.1 Å². The normalized spacial score (nSPS) is 15.3. The molecular formula is C20H25FN4O3S. The van der Waals surface area contributed by atoms with Crippen LogP contribution in [0.15, 0.2) is 53.4 Å². The smallest absolute Gasteiger partial charge is 0.238 e. The maximum atomic E-state index is 13.0. The number of halogens is 1. The molecule has 156 valence electrons. The molecule has 0 radical (unpaired) electrons. The van der Waals surface area contributed by atoms with Gasteiger partial charge in [0.2, 0.25) is 15.9 Å². The molecule has 1 saturated heterocycles. The molecule has 0 spiro atoms. The zero-order valence-electron chi connectivity index (χ0n) is 16.3. The third-order valence-electron chi connectivity index (χ3n) is 5.02. The number of rotatable bonds is 6. The first kappa shape index (κ1) is 21.2. The Balaban J connectivity index is 1.49. The van der Waals surface area contributed by atoms with Crippen LogP contribution in [0.1, 0.15) is 5.56 Å². The van der Waals surface area contributed by atoms with Crippen molar-refractivity contribution in [3.8, 4) is 0 Å². The van der Waals surface area contributed by atoms with E-state index in [1.54, 1.807) is 36.2 Å². The molecule has 1 aliphatic rings. The van der Waals surface area contributed by atoms with Gasteiger partial charge in [-0.05, 0) is 42.0 Å². The lowest BCUT2D eigenvalue weighted by atomic mass is 10.2. The minimum absolute atomic E-state index is 0.0141. The standard InChI is InChI=1S/C20H25FN4O3S/c1-23(14-16-2-4-17(21)5-3-16)20(26)15-24-10-12-25(13-11-24)18-6-8-19(9-7-18)29(22,27)28/h2-9H,10-15H2,1H3,(H2,22,27,28). The summed E-state index contributed by atoms with van der Waals surface area (Å²) in [7, 11) is -1.95. The highest BCUT2D eigenvalue weighted by Crippen LogP contribution is 2.19. The van der Waals surface area contributed by atoms with Crippen LogP contribution in [-0.2, 0) is 21.4 Å². The van der Waals surface area contributed by atoms with Crippen LogP contribution in [0, 0.1) is 5.82 Å². The molecule has 1 fully saturated rings. The number of anilines is 1. The van der Waals surface area contributed by atoms with E-state index in [1.807, 2.05) is 0 Å². The molecule has 0 unspecified atom stereocenters. The van der Waals surface area contributed by atoms with E-state index < -0.39 is 10.0 Å². The summed E-state index contributed by atoms with van der Waals surface area (Å²) in [5.74, 6) is -0.278. The third-order valence-corrected chi connectivity index (χ3v) is 5.95. The van der Waals surface area contributed by atoms with Crippen LogP contribution in [0.25, 0.3) is 0 Å². The highest BCUT2D eigenvalue weighted by atomic mass is 32.2. The van der Waals surface area contributed by atoms with Gasteiger partial charge < -0.3 is 9.80 Å². The van der Waals surface area contributed by atoms with Crippen molar-refractivity contribution in [1.82, 2.24) is 9.80 Å². The summed E-state index contributed by atoms with van der Waals surface area (Å²) >= 11 is 0. The summed E-state index contributed by atoms with van der Waals surface area (Å²) < 4.78 is 35.7. The summed E-state index contributed by atoms with van der Waals surface area (Å²) in [6, 6.07) is 12.6. The van der Waals surface area contributed by atoms with Gasteiger partial charge in [-0.25, -0.2) is 17.9 Å². The van der Waals surface area contributed by atoms with Crippen molar-refractivity contribution >= 4 is 21.6 Å². The van der Waals surface area contributed by atoms with E-state index in [1.165, 1.54) is 24.3 Å². The van der Waals surface area contributed by atoms with Gasteiger partial charge in [-0.2, -0.15) is 0 Å².